The van der Waals surface area contributed by atoms with E-state index >= 15 is 0 Å². The maximum absolute atomic E-state index is 10.5. The normalized spacial score (nSPS) is 25.5. The minimum Gasteiger partial charge on any atom is -0.480 e. The molecule has 88 valence electrons. The molecule has 1 N–H and O–H groups in total. The lowest BCUT2D eigenvalue weighted by molar-refractivity contribution is -0.145. The summed E-state index contributed by atoms with van der Waals surface area (Å²) in [5, 5.41) is 8.61. The van der Waals surface area contributed by atoms with E-state index in [2.05, 4.69) is 0 Å². The highest BCUT2D eigenvalue weighted by atomic mass is 16.5. The van der Waals surface area contributed by atoms with E-state index in [1.807, 2.05) is 12.1 Å². The number of rotatable bonds is 4. The lowest BCUT2D eigenvalue weighted by Gasteiger charge is -2.29. The van der Waals surface area contributed by atoms with Crippen molar-refractivity contribution in [2.45, 2.75) is 37.7 Å². The average Bonchev–Trinajstić information content (AvgIpc) is 2.80. The Labute approximate surface area is 94.2 Å². The zero-order valence-electron chi connectivity index (χ0n) is 9.09. The third kappa shape index (κ3) is 2.64. The first kappa shape index (κ1) is 11.2. The number of hydrogen-bond donors (Lipinski definition) is 1. The molecule has 1 aromatic heterocycles. The Balaban J connectivity index is 2.00. The Morgan fingerprint density at radius 3 is 3.00 bits per heavy atom. The third-order valence-corrected chi connectivity index (χ3v) is 3.03. The average molecular weight is 224 g/mol. The van der Waals surface area contributed by atoms with E-state index in [0.29, 0.717) is 0 Å². The molecule has 4 nitrogen and oxygen atoms in total. The molecule has 0 amide bonds. The van der Waals surface area contributed by atoms with Crippen molar-refractivity contribution in [3.63, 3.8) is 0 Å². The zero-order valence-corrected chi connectivity index (χ0v) is 9.09. The van der Waals surface area contributed by atoms with Gasteiger partial charge < -0.3 is 14.3 Å². The van der Waals surface area contributed by atoms with Crippen LogP contribution < -0.4 is 0 Å². The van der Waals surface area contributed by atoms with Crippen LogP contribution in [-0.4, -0.2) is 23.8 Å². The van der Waals surface area contributed by atoms with Gasteiger partial charge in [0.05, 0.1) is 12.4 Å². The van der Waals surface area contributed by atoms with E-state index in [1.54, 1.807) is 6.26 Å². The highest BCUT2D eigenvalue weighted by Crippen LogP contribution is 2.35. The van der Waals surface area contributed by atoms with Crippen LogP contribution in [0.3, 0.4) is 0 Å². The van der Waals surface area contributed by atoms with Crippen molar-refractivity contribution in [3.05, 3.63) is 24.2 Å². The monoisotopic (exact) mass is 224 g/mol. The van der Waals surface area contributed by atoms with E-state index in [-0.39, 0.29) is 18.6 Å². The van der Waals surface area contributed by atoms with Crippen molar-refractivity contribution < 1.29 is 19.1 Å². The molecule has 0 aliphatic heterocycles. The van der Waals surface area contributed by atoms with Crippen molar-refractivity contribution in [1.29, 1.82) is 0 Å². The van der Waals surface area contributed by atoms with Gasteiger partial charge in [-0.3, -0.25) is 0 Å². The molecule has 2 rings (SSSR count). The third-order valence-electron chi connectivity index (χ3n) is 3.03. The number of ether oxygens (including phenoxy) is 1. The Kier molecular flexibility index (Phi) is 3.62. The summed E-state index contributed by atoms with van der Waals surface area (Å²) in [6.45, 7) is -0.220. The van der Waals surface area contributed by atoms with Crippen molar-refractivity contribution in [2.24, 2.45) is 0 Å². The molecular formula is C12H16O4. The van der Waals surface area contributed by atoms with Crippen LogP contribution in [0.25, 0.3) is 0 Å². The second kappa shape index (κ2) is 5.16. The number of carboxylic acid groups (broad SMARTS) is 1. The molecule has 1 aliphatic carbocycles. The minimum absolute atomic E-state index is 0.0176. The van der Waals surface area contributed by atoms with Gasteiger partial charge in [0, 0.05) is 5.92 Å². The lowest BCUT2D eigenvalue weighted by atomic mass is 9.85. The Hall–Kier alpha value is -1.29. The molecule has 0 radical (unpaired) electrons. The number of carboxylic acids is 1. The van der Waals surface area contributed by atoms with Gasteiger partial charge in [0.2, 0.25) is 0 Å². The number of aliphatic carboxylic acids is 1. The molecule has 0 saturated heterocycles. The summed E-state index contributed by atoms with van der Waals surface area (Å²) in [5.41, 5.74) is 0. The first-order valence-corrected chi connectivity index (χ1v) is 5.64. The fraction of sp³-hybridized carbons (Fsp3) is 0.583. The Bertz CT molecular complexity index is 331. The fourth-order valence-electron chi connectivity index (χ4n) is 2.30. The maximum atomic E-state index is 10.5. The first-order valence-electron chi connectivity index (χ1n) is 5.64. The first-order chi connectivity index (χ1) is 7.77. The topological polar surface area (TPSA) is 59.7 Å². The number of hydrogen-bond acceptors (Lipinski definition) is 3. The predicted molar refractivity (Wildman–Crippen MR) is 57.3 cm³/mol. The van der Waals surface area contributed by atoms with Gasteiger partial charge in [-0.05, 0) is 25.0 Å². The summed E-state index contributed by atoms with van der Waals surface area (Å²) >= 11 is 0. The summed E-state index contributed by atoms with van der Waals surface area (Å²) in [5.74, 6) is 0.210. The van der Waals surface area contributed by atoms with Crippen molar-refractivity contribution >= 4 is 5.97 Å². The molecule has 2 atom stereocenters. The summed E-state index contributed by atoms with van der Waals surface area (Å²) in [6, 6.07) is 3.80. The van der Waals surface area contributed by atoms with Gasteiger partial charge in [0.15, 0.2) is 0 Å². The van der Waals surface area contributed by atoms with Crippen molar-refractivity contribution in [3.8, 4) is 0 Å². The van der Waals surface area contributed by atoms with Crippen molar-refractivity contribution in [1.82, 2.24) is 0 Å². The molecule has 1 fully saturated rings. The summed E-state index contributed by atoms with van der Waals surface area (Å²) in [4.78, 5) is 10.5. The lowest BCUT2D eigenvalue weighted by Crippen LogP contribution is -2.28. The minimum atomic E-state index is -0.913. The Morgan fingerprint density at radius 1 is 1.50 bits per heavy atom. The summed E-state index contributed by atoms with van der Waals surface area (Å²) < 4.78 is 10.8. The number of furan rings is 1. The quantitative estimate of drug-likeness (QED) is 0.853. The van der Waals surface area contributed by atoms with E-state index in [0.717, 1.165) is 31.4 Å². The largest absolute Gasteiger partial charge is 0.480 e. The molecule has 1 heterocycles. The van der Waals surface area contributed by atoms with Gasteiger partial charge in [0.25, 0.3) is 0 Å². The molecule has 1 aromatic rings. The summed E-state index contributed by atoms with van der Waals surface area (Å²) in [7, 11) is 0. The Morgan fingerprint density at radius 2 is 2.31 bits per heavy atom. The molecule has 0 spiro atoms. The van der Waals surface area contributed by atoms with E-state index < -0.39 is 5.97 Å². The van der Waals surface area contributed by atoms with Crippen LogP contribution in [0.4, 0.5) is 0 Å². The smallest absolute Gasteiger partial charge is 0.329 e. The molecule has 4 heteroatoms. The van der Waals surface area contributed by atoms with Crippen LogP contribution in [0.1, 0.15) is 37.4 Å². The molecule has 1 saturated carbocycles. The van der Waals surface area contributed by atoms with Crippen LogP contribution in [-0.2, 0) is 9.53 Å². The van der Waals surface area contributed by atoms with Gasteiger partial charge in [0.1, 0.15) is 12.4 Å². The van der Waals surface area contributed by atoms with Gasteiger partial charge in [-0.2, -0.15) is 0 Å². The van der Waals surface area contributed by atoms with Crippen LogP contribution >= 0.6 is 0 Å². The fourth-order valence-corrected chi connectivity index (χ4v) is 2.30. The molecule has 0 bridgehead atoms. The van der Waals surface area contributed by atoms with E-state index in [1.165, 1.54) is 0 Å². The highest BCUT2D eigenvalue weighted by molar-refractivity contribution is 5.68. The van der Waals surface area contributed by atoms with Crippen LogP contribution in [0.5, 0.6) is 0 Å². The second-order valence-electron chi connectivity index (χ2n) is 4.15. The zero-order chi connectivity index (χ0) is 11.4. The standard InChI is InChI=1S/C12H16O4/c13-12(14)8-16-11-5-2-1-4-9(11)10-6-3-7-15-10/h3,6-7,9,11H,1-2,4-5,8H2,(H,13,14)/t9-,11-/m1/s1. The van der Waals surface area contributed by atoms with Gasteiger partial charge >= 0.3 is 5.97 Å². The summed E-state index contributed by atoms with van der Waals surface area (Å²) in [6.07, 6.45) is 5.81. The van der Waals surface area contributed by atoms with Gasteiger partial charge in [-0.25, -0.2) is 4.79 Å². The van der Waals surface area contributed by atoms with Gasteiger partial charge in [-0.1, -0.05) is 12.8 Å². The second-order valence-corrected chi connectivity index (χ2v) is 4.15. The molecule has 0 unspecified atom stereocenters. The van der Waals surface area contributed by atoms with E-state index in [9.17, 15) is 4.79 Å². The maximum Gasteiger partial charge on any atom is 0.329 e. The predicted octanol–water partition coefficient (Wildman–Crippen LogP) is 2.41. The molecule has 1 aliphatic rings. The highest BCUT2D eigenvalue weighted by Gasteiger charge is 2.29. The molecule has 0 aromatic carbocycles. The van der Waals surface area contributed by atoms with Crippen LogP contribution in [0, 0.1) is 0 Å². The van der Waals surface area contributed by atoms with Crippen LogP contribution in [0.2, 0.25) is 0 Å². The SMILES string of the molecule is O=C(O)CO[C@@H]1CCCC[C@@H]1c1ccco1. The van der Waals surface area contributed by atoms with Crippen LogP contribution in [0.15, 0.2) is 22.8 Å². The molecule has 16 heavy (non-hydrogen) atoms. The van der Waals surface area contributed by atoms with Gasteiger partial charge in [-0.15, -0.1) is 0 Å². The number of carbonyl (C=O) groups is 1. The molecular weight excluding hydrogens is 208 g/mol. The van der Waals surface area contributed by atoms with E-state index in [4.69, 9.17) is 14.3 Å². The van der Waals surface area contributed by atoms with Crippen molar-refractivity contribution in [2.75, 3.05) is 6.61 Å².